The van der Waals surface area contributed by atoms with Gasteiger partial charge in [0.05, 0.1) is 11.3 Å². The van der Waals surface area contributed by atoms with Crippen molar-refractivity contribution in [2.75, 3.05) is 5.48 Å². The van der Waals surface area contributed by atoms with Crippen molar-refractivity contribution >= 4 is 29.4 Å². The van der Waals surface area contributed by atoms with E-state index in [1.807, 2.05) is 0 Å². The molecule has 1 aliphatic rings. The van der Waals surface area contributed by atoms with Gasteiger partial charge < -0.3 is 9.68 Å². The van der Waals surface area contributed by atoms with Gasteiger partial charge in [-0.2, -0.15) is 13.2 Å². The van der Waals surface area contributed by atoms with Gasteiger partial charge in [0.1, 0.15) is 0 Å². The van der Waals surface area contributed by atoms with E-state index in [0.717, 1.165) is 24.3 Å². The number of amides is 2. The first kappa shape index (κ1) is 17.2. The number of benzene rings is 1. The molecule has 0 spiro atoms. The van der Waals surface area contributed by atoms with Crippen molar-refractivity contribution in [2.45, 2.75) is 19.0 Å². The molecule has 128 valence electrons. The topological polar surface area (TPSA) is 102 Å². The number of alkyl halides is 3. The highest BCUT2D eigenvalue weighted by Crippen LogP contribution is 2.18. The molecule has 0 aliphatic carbocycles. The van der Waals surface area contributed by atoms with Gasteiger partial charge in [0.2, 0.25) is 0 Å². The number of nitrogens with one attached hydrogen (secondary N) is 1. The van der Waals surface area contributed by atoms with E-state index in [1.165, 1.54) is 0 Å². The zero-order chi connectivity index (χ0) is 17.9. The van der Waals surface area contributed by atoms with E-state index in [1.54, 1.807) is 5.48 Å². The minimum Gasteiger partial charge on any atom is -0.335 e. The summed E-state index contributed by atoms with van der Waals surface area (Å²) in [5, 5.41) is 0.361. The molecule has 1 N–H and O–H groups in total. The largest absolute Gasteiger partial charge is 0.493 e. The number of hydroxylamine groups is 2. The van der Waals surface area contributed by atoms with Crippen molar-refractivity contribution in [3.63, 3.8) is 0 Å². The number of hydrogen-bond donors (Lipinski definition) is 1. The summed E-state index contributed by atoms with van der Waals surface area (Å²) in [6, 6.07) is 4.54. The molecule has 0 saturated carbocycles. The van der Waals surface area contributed by atoms with Crippen molar-refractivity contribution in [3.05, 3.63) is 29.8 Å². The number of nitrogens with zero attached hydrogens (tertiary/aromatic N) is 1. The van der Waals surface area contributed by atoms with Crippen LogP contribution in [0.2, 0.25) is 0 Å². The molecule has 0 aromatic heterocycles. The van der Waals surface area contributed by atoms with Crippen LogP contribution in [0.15, 0.2) is 24.3 Å². The first-order valence-corrected chi connectivity index (χ1v) is 6.40. The smallest absolute Gasteiger partial charge is 0.335 e. The summed E-state index contributed by atoms with van der Waals surface area (Å²) in [7, 11) is 0. The van der Waals surface area contributed by atoms with E-state index in [2.05, 4.69) is 9.68 Å². The summed E-state index contributed by atoms with van der Waals surface area (Å²) in [5.74, 6) is -4.73. The van der Waals surface area contributed by atoms with Crippen LogP contribution >= 0.6 is 0 Å². The predicted molar refractivity (Wildman–Crippen MR) is 68.7 cm³/mol. The normalized spacial score (nSPS) is 14.5. The van der Waals surface area contributed by atoms with Crippen LogP contribution in [-0.4, -0.2) is 35.0 Å². The van der Waals surface area contributed by atoms with Crippen molar-refractivity contribution in [2.24, 2.45) is 0 Å². The van der Waals surface area contributed by atoms with E-state index in [9.17, 15) is 32.3 Å². The molecule has 1 aromatic carbocycles. The number of carbonyl (C=O) groups excluding carboxylic acids is 4. The Hall–Kier alpha value is -3.11. The van der Waals surface area contributed by atoms with Crippen LogP contribution in [0.1, 0.15) is 23.2 Å². The highest BCUT2D eigenvalue weighted by molar-refractivity contribution is 6.02. The van der Waals surface area contributed by atoms with Gasteiger partial charge in [-0.25, -0.2) is 15.1 Å². The lowest BCUT2D eigenvalue weighted by atomic mass is 10.2. The maximum absolute atomic E-state index is 11.9. The number of hydrogen-bond acceptors (Lipinski definition) is 7. The Morgan fingerprint density at radius 1 is 1.04 bits per heavy atom. The second-order valence-electron chi connectivity index (χ2n) is 4.53. The average Bonchev–Trinajstić information content (AvgIpc) is 2.84. The Morgan fingerprint density at radius 2 is 1.58 bits per heavy atom. The Morgan fingerprint density at radius 3 is 2.08 bits per heavy atom. The lowest BCUT2D eigenvalue weighted by molar-refractivity contribution is -0.196. The van der Waals surface area contributed by atoms with Gasteiger partial charge in [0, 0.05) is 12.8 Å². The number of halogens is 3. The fourth-order valence-electron chi connectivity index (χ4n) is 1.63. The fourth-order valence-corrected chi connectivity index (χ4v) is 1.63. The van der Waals surface area contributed by atoms with Crippen molar-refractivity contribution < 1.29 is 42.0 Å². The first-order valence-electron chi connectivity index (χ1n) is 6.40. The van der Waals surface area contributed by atoms with E-state index >= 15 is 0 Å². The monoisotopic (exact) mass is 346 g/mol. The third-order valence-corrected chi connectivity index (χ3v) is 2.79. The minimum atomic E-state index is -5.15. The number of rotatable bonds is 4. The molecular formula is C13H9F3N2O6. The summed E-state index contributed by atoms with van der Waals surface area (Å²) >= 11 is 0. The Kier molecular flexibility index (Phi) is 4.71. The first-order chi connectivity index (χ1) is 11.2. The van der Waals surface area contributed by atoms with Gasteiger partial charge in [0.15, 0.2) is 0 Å². The molecule has 1 heterocycles. The van der Waals surface area contributed by atoms with Crippen molar-refractivity contribution in [1.82, 2.24) is 5.06 Å². The average molecular weight is 346 g/mol. The molecule has 1 aliphatic heterocycles. The van der Waals surface area contributed by atoms with Crippen LogP contribution in [0, 0.1) is 0 Å². The van der Waals surface area contributed by atoms with Crippen molar-refractivity contribution in [1.29, 1.82) is 0 Å². The third-order valence-electron chi connectivity index (χ3n) is 2.79. The summed E-state index contributed by atoms with van der Waals surface area (Å²) < 4.78 is 35.8. The van der Waals surface area contributed by atoms with E-state index < -0.39 is 29.9 Å². The Balaban J connectivity index is 1.94. The van der Waals surface area contributed by atoms with Gasteiger partial charge in [-0.1, -0.05) is 0 Å². The summed E-state index contributed by atoms with van der Waals surface area (Å²) in [6.07, 6.45) is -5.26. The number of carbonyl (C=O) groups is 4. The second kappa shape index (κ2) is 6.56. The predicted octanol–water partition coefficient (Wildman–Crippen LogP) is 1.34. The van der Waals surface area contributed by atoms with Crippen LogP contribution < -0.4 is 5.48 Å². The van der Waals surface area contributed by atoms with Gasteiger partial charge in [-0.3, -0.25) is 9.59 Å². The summed E-state index contributed by atoms with van der Waals surface area (Å²) in [4.78, 5) is 53.4. The van der Waals surface area contributed by atoms with E-state index in [0.29, 0.717) is 5.06 Å². The molecule has 0 unspecified atom stereocenters. The molecule has 0 radical (unpaired) electrons. The van der Waals surface area contributed by atoms with Crippen LogP contribution in [0.5, 0.6) is 0 Å². The molecule has 2 amide bonds. The highest BCUT2D eigenvalue weighted by atomic mass is 19.4. The number of anilines is 1. The summed E-state index contributed by atoms with van der Waals surface area (Å²) in [6.45, 7) is 0. The van der Waals surface area contributed by atoms with Crippen LogP contribution in [-0.2, 0) is 24.1 Å². The lowest BCUT2D eigenvalue weighted by Crippen LogP contribution is -2.32. The molecule has 0 atom stereocenters. The molecule has 11 heteroatoms. The van der Waals surface area contributed by atoms with Gasteiger partial charge in [-0.05, 0) is 24.3 Å². The molecule has 1 saturated heterocycles. The minimum absolute atomic E-state index is 0.0440. The van der Waals surface area contributed by atoms with Crippen molar-refractivity contribution in [3.8, 4) is 0 Å². The van der Waals surface area contributed by atoms with Crippen LogP contribution in [0.25, 0.3) is 0 Å². The van der Waals surface area contributed by atoms with Gasteiger partial charge in [0.25, 0.3) is 11.8 Å². The Bertz CT molecular complexity index is 670. The molecule has 1 aromatic rings. The highest BCUT2D eigenvalue weighted by Gasteiger charge is 2.41. The van der Waals surface area contributed by atoms with Crippen LogP contribution in [0.4, 0.5) is 18.9 Å². The maximum atomic E-state index is 11.9. The van der Waals surface area contributed by atoms with Gasteiger partial charge in [-0.15, -0.1) is 5.06 Å². The zero-order valence-corrected chi connectivity index (χ0v) is 11.8. The molecule has 1 fully saturated rings. The molecule has 2 rings (SSSR count). The van der Waals surface area contributed by atoms with E-state index in [-0.39, 0.29) is 24.1 Å². The molecule has 24 heavy (non-hydrogen) atoms. The maximum Gasteiger partial charge on any atom is 0.493 e. The molecule has 8 nitrogen and oxygen atoms in total. The molecular weight excluding hydrogens is 337 g/mol. The number of imide groups is 1. The standard InChI is InChI=1S/C13H9F3N2O6/c14-13(15,16)12(22)23-17-8-3-1-7(2-4-8)11(21)24-18-9(19)5-6-10(18)20/h1-4,17H,5-6H2. The van der Waals surface area contributed by atoms with Crippen LogP contribution in [0.3, 0.4) is 0 Å². The molecule has 0 bridgehead atoms. The quantitative estimate of drug-likeness (QED) is 0.648. The second-order valence-corrected chi connectivity index (χ2v) is 4.53. The zero-order valence-electron chi connectivity index (χ0n) is 11.8. The third kappa shape index (κ3) is 4.00. The fraction of sp³-hybridized carbons (Fsp3) is 0.231. The SMILES string of the molecule is O=C(ON1C(=O)CCC1=O)c1ccc(NOC(=O)C(F)(F)F)cc1. The van der Waals surface area contributed by atoms with Gasteiger partial charge >= 0.3 is 18.1 Å². The Labute approximate surface area is 132 Å². The summed E-state index contributed by atoms with van der Waals surface area (Å²) in [5.41, 5.74) is 1.65. The lowest BCUT2D eigenvalue weighted by Gasteiger charge is -2.13. The van der Waals surface area contributed by atoms with E-state index in [4.69, 9.17) is 0 Å².